The van der Waals surface area contributed by atoms with Crippen LogP contribution in [-0.4, -0.2) is 42.4 Å². The molecule has 0 aromatic carbocycles. The van der Waals surface area contributed by atoms with Crippen molar-refractivity contribution in [2.24, 2.45) is 28.6 Å². The van der Waals surface area contributed by atoms with Crippen LogP contribution in [0.3, 0.4) is 0 Å². The van der Waals surface area contributed by atoms with E-state index >= 15 is 0 Å². The number of Topliss-reactive ketones (excluding diaryl/α,β-unsaturated/α-hetero) is 1. The van der Waals surface area contributed by atoms with Crippen molar-refractivity contribution in [2.75, 3.05) is 13.7 Å². The molecule has 148 valence electrons. The van der Waals surface area contributed by atoms with Crippen LogP contribution in [-0.2, 0) is 14.3 Å². The molecule has 4 nitrogen and oxygen atoms in total. The lowest BCUT2D eigenvalue weighted by atomic mass is 9.45. The van der Waals surface area contributed by atoms with Gasteiger partial charge in [-0.1, -0.05) is 26.8 Å². The van der Waals surface area contributed by atoms with E-state index < -0.39 is 11.7 Å². The van der Waals surface area contributed by atoms with E-state index in [-0.39, 0.29) is 34.6 Å². The predicted molar refractivity (Wildman–Crippen MR) is 102 cm³/mol. The largest absolute Gasteiger partial charge is 0.392 e. The SMILES string of the molecule is C=CCO[C@]1(C)C[C@@H](O)[C@@]2(C)C3[C@H](OC)CCC3(CC[C@H]2C)[C@@H](C)C1=O. The molecule has 3 fully saturated rings. The number of carbonyl (C=O) groups excluding carboxylic acids is 1. The van der Waals surface area contributed by atoms with Crippen LogP contribution >= 0.6 is 0 Å². The highest BCUT2D eigenvalue weighted by molar-refractivity contribution is 5.90. The first-order valence-corrected chi connectivity index (χ1v) is 10.2. The summed E-state index contributed by atoms with van der Waals surface area (Å²) in [5.41, 5.74) is -1.34. The van der Waals surface area contributed by atoms with E-state index in [1.54, 1.807) is 13.2 Å². The quantitative estimate of drug-likeness (QED) is 0.772. The summed E-state index contributed by atoms with van der Waals surface area (Å²) >= 11 is 0. The second-order valence-electron chi connectivity index (χ2n) is 9.47. The van der Waals surface area contributed by atoms with Crippen molar-refractivity contribution < 1.29 is 19.4 Å². The lowest BCUT2D eigenvalue weighted by Gasteiger charge is -2.61. The maximum Gasteiger partial charge on any atom is 0.167 e. The molecule has 0 radical (unpaired) electrons. The second-order valence-corrected chi connectivity index (χ2v) is 9.47. The number of methoxy groups -OCH3 is 1. The molecule has 0 aromatic heterocycles. The fraction of sp³-hybridized carbons (Fsp3) is 0.864. The third-order valence-corrected chi connectivity index (χ3v) is 8.56. The Morgan fingerprint density at radius 2 is 1.92 bits per heavy atom. The fourth-order valence-corrected chi connectivity index (χ4v) is 6.78. The lowest BCUT2D eigenvalue weighted by Crippen LogP contribution is -2.64. The van der Waals surface area contributed by atoms with Gasteiger partial charge in [-0.05, 0) is 49.9 Å². The molecule has 2 unspecified atom stereocenters. The van der Waals surface area contributed by atoms with Crippen LogP contribution in [0.5, 0.6) is 0 Å². The highest BCUT2D eigenvalue weighted by Gasteiger charge is 2.67. The number of hydrogen-bond acceptors (Lipinski definition) is 4. The standard InChI is InChI=1S/C22H36O4/c1-7-12-26-20(4)13-17(23)21(5)14(2)8-10-22(15(3)19(20)24)11-9-16(25-6)18(21)22/h7,14-18,23H,1,8-13H2,2-6H3/t14-,15+,16-,17-,18?,20-,21+,22?/m1/s1. The number of carbonyl (C=O) groups is 1. The summed E-state index contributed by atoms with van der Waals surface area (Å²) < 4.78 is 11.9. The first-order valence-electron chi connectivity index (χ1n) is 10.2. The van der Waals surface area contributed by atoms with Crippen LogP contribution in [0.15, 0.2) is 12.7 Å². The molecular weight excluding hydrogens is 328 g/mol. The topological polar surface area (TPSA) is 55.8 Å². The Balaban J connectivity index is 2.13. The van der Waals surface area contributed by atoms with Crippen molar-refractivity contribution >= 4 is 5.78 Å². The molecule has 3 rings (SSSR count). The van der Waals surface area contributed by atoms with Gasteiger partial charge in [-0.15, -0.1) is 6.58 Å². The summed E-state index contributed by atoms with van der Waals surface area (Å²) in [7, 11) is 1.78. The first kappa shape index (κ1) is 20.0. The zero-order valence-corrected chi connectivity index (χ0v) is 17.1. The van der Waals surface area contributed by atoms with Gasteiger partial charge in [0.15, 0.2) is 5.78 Å². The Labute approximate surface area is 158 Å². The van der Waals surface area contributed by atoms with Crippen molar-refractivity contribution in [2.45, 2.75) is 77.6 Å². The van der Waals surface area contributed by atoms with Gasteiger partial charge in [-0.2, -0.15) is 0 Å². The average Bonchev–Trinajstić information content (AvgIpc) is 3.02. The number of rotatable bonds is 4. The molecule has 2 bridgehead atoms. The number of hydrogen-bond donors (Lipinski definition) is 1. The third kappa shape index (κ3) is 2.56. The molecule has 3 saturated carbocycles. The third-order valence-electron chi connectivity index (χ3n) is 8.56. The molecule has 0 spiro atoms. The molecule has 1 N–H and O–H groups in total. The summed E-state index contributed by atoms with van der Waals surface area (Å²) in [6, 6.07) is 0. The van der Waals surface area contributed by atoms with Gasteiger partial charge in [-0.25, -0.2) is 0 Å². The van der Waals surface area contributed by atoms with Crippen molar-refractivity contribution in [1.29, 1.82) is 0 Å². The Morgan fingerprint density at radius 3 is 2.54 bits per heavy atom. The Bertz CT molecular complexity index is 574. The molecule has 8 atom stereocenters. The molecule has 0 saturated heterocycles. The minimum absolute atomic E-state index is 0.0956. The zero-order chi connectivity index (χ0) is 19.3. The average molecular weight is 365 g/mol. The Hall–Kier alpha value is -0.710. The summed E-state index contributed by atoms with van der Waals surface area (Å²) in [5, 5.41) is 11.4. The van der Waals surface area contributed by atoms with Crippen molar-refractivity contribution in [3.63, 3.8) is 0 Å². The minimum atomic E-state index is -0.964. The normalized spacial score (nSPS) is 51.5. The number of aliphatic hydroxyl groups is 1. The van der Waals surface area contributed by atoms with Crippen LogP contribution in [0.1, 0.15) is 59.8 Å². The molecule has 0 aromatic rings. The van der Waals surface area contributed by atoms with Crippen LogP contribution in [0.4, 0.5) is 0 Å². The molecule has 3 aliphatic rings. The van der Waals surface area contributed by atoms with Gasteiger partial charge in [0, 0.05) is 24.9 Å². The van der Waals surface area contributed by atoms with Gasteiger partial charge >= 0.3 is 0 Å². The van der Waals surface area contributed by atoms with Crippen molar-refractivity contribution in [1.82, 2.24) is 0 Å². The molecule has 3 aliphatic carbocycles. The summed E-state index contributed by atoms with van der Waals surface area (Å²) in [5.74, 6) is 0.635. The molecular formula is C22H36O4. The Morgan fingerprint density at radius 1 is 1.27 bits per heavy atom. The maximum atomic E-state index is 13.6. The zero-order valence-electron chi connectivity index (χ0n) is 17.1. The van der Waals surface area contributed by atoms with Crippen molar-refractivity contribution in [3.8, 4) is 0 Å². The van der Waals surface area contributed by atoms with Crippen LogP contribution in [0, 0.1) is 28.6 Å². The predicted octanol–water partition coefficient (Wildman–Crippen LogP) is 3.77. The van der Waals surface area contributed by atoms with Gasteiger partial charge in [0.25, 0.3) is 0 Å². The monoisotopic (exact) mass is 364 g/mol. The van der Waals surface area contributed by atoms with E-state index in [0.717, 1.165) is 25.7 Å². The van der Waals surface area contributed by atoms with E-state index in [1.165, 1.54) is 0 Å². The fourth-order valence-electron chi connectivity index (χ4n) is 6.78. The Kier molecular flexibility index (Phi) is 5.18. The highest BCUT2D eigenvalue weighted by atomic mass is 16.5. The van der Waals surface area contributed by atoms with Gasteiger partial charge < -0.3 is 14.6 Å². The van der Waals surface area contributed by atoms with Gasteiger partial charge in [0.05, 0.1) is 18.8 Å². The van der Waals surface area contributed by atoms with E-state index in [2.05, 4.69) is 27.4 Å². The molecule has 0 amide bonds. The number of ether oxygens (including phenoxy) is 2. The second kappa shape index (κ2) is 6.72. The van der Waals surface area contributed by atoms with Crippen LogP contribution in [0.2, 0.25) is 0 Å². The number of ketones is 1. The smallest absolute Gasteiger partial charge is 0.167 e. The summed E-state index contributed by atoms with van der Waals surface area (Å²) in [6.07, 6.45) is 5.60. The van der Waals surface area contributed by atoms with E-state index in [9.17, 15) is 9.90 Å². The molecule has 0 heterocycles. The lowest BCUT2D eigenvalue weighted by molar-refractivity contribution is -0.204. The highest BCUT2D eigenvalue weighted by Crippen LogP contribution is 2.67. The van der Waals surface area contributed by atoms with E-state index in [1.807, 2.05) is 6.92 Å². The van der Waals surface area contributed by atoms with E-state index in [0.29, 0.717) is 18.9 Å². The maximum absolute atomic E-state index is 13.6. The van der Waals surface area contributed by atoms with Crippen LogP contribution < -0.4 is 0 Å². The first-order chi connectivity index (χ1) is 12.2. The molecule has 4 heteroatoms. The van der Waals surface area contributed by atoms with Crippen molar-refractivity contribution in [3.05, 3.63) is 12.7 Å². The number of aliphatic hydroxyl groups excluding tert-OH is 1. The minimum Gasteiger partial charge on any atom is -0.392 e. The summed E-state index contributed by atoms with van der Waals surface area (Å²) in [4.78, 5) is 13.6. The van der Waals surface area contributed by atoms with Gasteiger partial charge in [0.2, 0.25) is 0 Å². The van der Waals surface area contributed by atoms with Crippen LogP contribution in [0.25, 0.3) is 0 Å². The molecule has 26 heavy (non-hydrogen) atoms. The van der Waals surface area contributed by atoms with E-state index in [4.69, 9.17) is 9.47 Å². The van der Waals surface area contributed by atoms with Gasteiger partial charge in [0.1, 0.15) is 5.60 Å². The molecule has 0 aliphatic heterocycles. The summed E-state index contributed by atoms with van der Waals surface area (Å²) in [6.45, 7) is 12.5. The van der Waals surface area contributed by atoms with Gasteiger partial charge in [-0.3, -0.25) is 4.79 Å².